The molecule has 3 aromatic rings. The summed E-state index contributed by atoms with van der Waals surface area (Å²) in [5, 5.41) is 0. The summed E-state index contributed by atoms with van der Waals surface area (Å²) in [5.74, 6) is 2.52. The molecule has 0 saturated heterocycles. The van der Waals surface area contributed by atoms with Crippen LogP contribution in [0.4, 0.5) is 5.95 Å². The van der Waals surface area contributed by atoms with Crippen molar-refractivity contribution in [3.05, 3.63) is 30.3 Å². The van der Waals surface area contributed by atoms with E-state index in [-0.39, 0.29) is 5.95 Å². The maximum atomic E-state index is 6.02. The quantitative estimate of drug-likeness (QED) is 0.694. The van der Waals surface area contributed by atoms with Gasteiger partial charge in [0, 0.05) is 5.56 Å². The van der Waals surface area contributed by atoms with E-state index >= 15 is 0 Å². The molecule has 146 valence electrons. The summed E-state index contributed by atoms with van der Waals surface area (Å²) in [6.07, 6.45) is 4.93. The lowest BCUT2D eigenvalue weighted by Gasteiger charge is -2.13. The Bertz CT molecular complexity index is 987. The number of benzene rings is 1. The highest BCUT2D eigenvalue weighted by Gasteiger charge is 2.18. The summed E-state index contributed by atoms with van der Waals surface area (Å²) in [5.41, 5.74) is 8.81. The van der Waals surface area contributed by atoms with Crippen molar-refractivity contribution in [3.63, 3.8) is 0 Å². The van der Waals surface area contributed by atoms with Gasteiger partial charge in [-0.05, 0) is 49.1 Å². The lowest BCUT2D eigenvalue weighted by Crippen LogP contribution is -2.10. The van der Waals surface area contributed by atoms with Crippen molar-refractivity contribution < 1.29 is 14.2 Å². The number of rotatable bonds is 6. The van der Waals surface area contributed by atoms with Gasteiger partial charge in [0.2, 0.25) is 11.8 Å². The van der Waals surface area contributed by atoms with Crippen molar-refractivity contribution in [2.24, 2.45) is 5.92 Å². The maximum absolute atomic E-state index is 6.02. The number of methoxy groups -OCH3 is 2. The summed E-state index contributed by atoms with van der Waals surface area (Å²) < 4.78 is 16.7. The molecule has 0 atom stereocenters. The van der Waals surface area contributed by atoms with Crippen molar-refractivity contribution in [1.82, 2.24) is 15.0 Å². The number of nitrogens with zero attached hydrogens (tertiary/aromatic N) is 3. The number of nitrogens with two attached hydrogens (primary N) is 1. The molecule has 0 bridgehead atoms. The van der Waals surface area contributed by atoms with Gasteiger partial charge in [-0.25, -0.2) is 9.97 Å². The molecule has 0 amide bonds. The average molecular weight is 380 g/mol. The molecule has 7 nitrogen and oxygen atoms in total. The Kier molecular flexibility index (Phi) is 5.14. The highest BCUT2D eigenvalue weighted by atomic mass is 16.5. The van der Waals surface area contributed by atoms with Crippen LogP contribution < -0.4 is 19.9 Å². The molecule has 1 aromatic carbocycles. The van der Waals surface area contributed by atoms with Crippen LogP contribution in [-0.2, 0) is 0 Å². The molecule has 2 heterocycles. The van der Waals surface area contributed by atoms with E-state index in [4.69, 9.17) is 24.9 Å². The van der Waals surface area contributed by atoms with E-state index in [0.717, 1.165) is 11.3 Å². The molecule has 4 rings (SSSR count). The van der Waals surface area contributed by atoms with Crippen molar-refractivity contribution in [2.75, 3.05) is 26.6 Å². The summed E-state index contributed by atoms with van der Waals surface area (Å²) in [6, 6.07) is 9.47. The zero-order valence-corrected chi connectivity index (χ0v) is 16.1. The molecule has 28 heavy (non-hydrogen) atoms. The van der Waals surface area contributed by atoms with Gasteiger partial charge in [-0.3, -0.25) is 0 Å². The van der Waals surface area contributed by atoms with Crippen LogP contribution in [0.15, 0.2) is 30.3 Å². The lowest BCUT2D eigenvalue weighted by molar-refractivity contribution is 0.246. The topological polar surface area (TPSA) is 92.4 Å². The summed E-state index contributed by atoms with van der Waals surface area (Å²) in [6.45, 7) is 0.633. The molecular formula is C21H24N4O3. The highest BCUT2D eigenvalue weighted by Crippen LogP contribution is 2.33. The standard InChI is InChI=1S/C21H24N4O3/c1-26-17-10-7-14(11-18(17)27-2)15-8-9-16-19(23-15)20(25-21(22)24-16)28-12-13-5-3-4-6-13/h7-11,13H,3-6,12H2,1-2H3,(H2,22,24,25). The monoisotopic (exact) mass is 380 g/mol. The van der Waals surface area contributed by atoms with E-state index in [1.54, 1.807) is 14.2 Å². The van der Waals surface area contributed by atoms with E-state index in [9.17, 15) is 0 Å². The molecular weight excluding hydrogens is 356 g/mol. The van der Waals surface area contributed by atoms with E-state index < -0.39 is 0 Å². The zero-order valence-electron chi connectivity index (χ0n) is 16.1. The summed E-state index contributed by atoms with van der Waals surface area (Å²) >= 11 is 0. The first-order chi connectivity index (χ1) is 13.7. The Hall–Kier alpha value is -3.09. The normalized spacial score (nSPS) is 14.4. The number of ether oxygens (including phenoxy) is 3. The molecule has 2 aromatic heterocycles. The summed E-state index contributed by atoms with van der Waals surface area (Å²) in [4.78, 5) is 13.3. The van der Waals surface area contributed by atoms with Crippen LogP contribution in [0.1, 0.15) is 25.7 Å². The predicted molar refractivity (Wildman–Crippen MR) is 108 cm³/mol. The largest absolute Gasteiger partial charge is 0.493 e. The number of hydrogen-bond acceptors (Lipinski definition) is 7. The van der Waals surface area contributed by atoms with Gasteiger partial charge in [-0.2, -0.15) is 4.98 Å². The molecule has 1 saturated carbocycles. The van der Waals surface area contributed by atoms with Crippen LogP contribution in [0.5, 0.6) is 17.4 Å². The van der Waals surface area contributed by atoms with E-state index in [0.29, 0.717) is 40.9 Å². The molecule has 0 aliphatic heterocycles. The lowest BCUT2D eigenvalue weighted by atomic mass is 10.1. The van der Waals surface area contributed by atoms with E-state index in [1.165, 1.54) is 25.7 Å². The zero-order chi connectivity index (χ0) is 19.5. The fraction of sp³-hybridized carbons (Fsp3) is 0.381. The number of fused-ring (bicyclic) bond motifs is 1. The smallest absolute Gasteiger partial charge is 0.245 e. The second kappa shape index (κ2) is 7.88. The predicted octanol–water partition coefficient (Wildman–Crippen LogP) is 3.86. The van der Waals surface area contributed by atoms with Crippen LogP contribution in [0, 0.1) is 5.92 Å². The fourth-order valence-corrected chi connectivity index (χ4v) is 3.64. The number of pyridine rings is 1. The minimum atomic E-state index is 0.189. The Balaban J connectivity index is 1.70. The summed E-state index contributed by atoms with van der Waals surface area (Å²) in [7, 11) is 3.22. The number of nitrogen functional groups attached to an aromatic ring is 1. The van der Waals surface area contributed by atoms with Crippen molar-refractivity contribution in [2.45, 2.75) is 25.7 Å². The van der Waals surface area contributed by atoms with Crippen LogP contribution in [0.2, 0.25) is 0 Å². The van der Waals surface area contributed by atoms with Crippen molar-refractivity contribution in [1.29, 1.82) is 0 Å². The van der Waals surface area contributed by atoms with Gasteiger partial charge in [0.25, 0.3) is 0 Å². The number of hydrogen-bond donors (Lipinski definition) is 1. The second-order valence-electron chi connectivity index (χ2n) is 6.98. The Labute approximate surface area is 163 Å². The first kappa shape index (κ1) is 18.3. The first-order valence-electron chi connectivity index (χ1n) is 9.47. The van der Waals surface area contributed by atoms with Gasteiger partial charge in [0.15, 0.2) is 17.0 Å². The third-order valence-corrected chi connectivity index (χ3v) is 5.14. The third-order valence-electron chi connectivity index (χ3n) is 5.14. The average Bonchev–Trinajstić information content (AvgIpc) is 3.24. The van der Waals surface area contributed by atoms with Gasteiger partial charge in [0.1, 0.15) is 0 Å². The van der Waals surface area contributed by atoms with E-state index in [1.807, 2.05) is 30.3 Å². The molecule has 7 heteroatoms. The maximum Gasteiger partial charge on any atom is 0.245 e. The minimum absolute atomic E-state index is 0.189. The molecule has 1 aliphatic carbocycles. The second-order valence-corrected chi connectivity index (χ2v) is 6.98. The van der Waals surface area contributed by atoms with Gasteiger partial charge in [0.05, 0.1) is 32.0 Å². The fourth-order valence-electron chi connectivity index (χ4n) is 3.64. The minimum Gasteiger partial charge on any atom is -0.493 e. The van der Waals surface area contributed by atoms with Gasteiger partial charge in [-0.1, -0.05) is 12.8 Å². The third kappa shape index (κ3) is 3.65. The molecule has 1 aliphatic rings. The Morgan fingerprint density at radius 2 is 1.75 bits per heavy atom. The van der Waals surface area contributed by atoms with Crippen LogP contribution in [0.3, 0.4) is 0 Å². The number of anilines is 1. The van der Waals surface area contributed by atoms with Gasteiger partial charge < -0.3 is 19.9 Å². The van der Waals surface area contributed by atoms with Crippen LogP contribution in [-0.4, -0.2) is 35.8 Å². The SMILES string of the molecule is COc1ccc(-c2ccc3nc(N)nc(OCC4CCCC4)c3n2)cc1OC. The molecule has 0 spiro atoms. The van der Waals surface area contributed by atoms with Gasteiger partial charge in [-0.15, -0.1) is 0 Å². The van der Waals surface area contributed by atoms with Crippen molar-refractivity contribution in [3.8, 4) is 28.6 Å². The molecule has 0 unspecified atom stereocenters. The van der Waals surface area contributed by atoms with E-state index in [2.05, 4.69) is 9.97 Å². The Morgan fingerprint density at radius 1 is 0.964 bits per heavy atom. The van der Waals surface area contributed by atoms with Crippen LogP contribution in [0.25, 0.3) is 22.3 Å². The van der Waals surface area contributed by atoms with Gasteiger partial charge >= 0.3 is 0 Å². The van der Waals surface area contributed by atoms with Crippen molar-refractivity contribution >= 4 is 17.0 Å². The molecule has 0 radical (unpaired) electrons. The molecule has 1 fully saturated rings. The van der Waals surface area contributed by atoms with Crippen LogP contribution >= 0.6 is 0 Å². The highest BCUT2D eigenvalue weighted by molar-refractivity contribution is 5.83. The first-order valence-corrected chi connectivity index (χ1v) is 9.47. The number of aromatic nitrogens is 3. The molecule has 2 N–H and O–H groups in total. The Morgan fingerprint density at radius 3 is 2.50 bits per heavy atom.